The van der Waals surface area contributed by atoms with Gasteiger partial charge >= 0.3 is 0 Å². The van der Waals surface area contributed by atoms with Gasteiger partial charge in [0.2, 0.25) is 0 Å². The van der Waals surface area contributed by atoms with Gasteiger partial charge in [0.15, 0.2) is 0 Å². The molecule has 0 bridgehead atoms. The van der Waals surface area contributed by atoms with E-state index in [4.69, 9.17) is 5.73 Å². The smallest absolute Gasteiger partial charge is 0.125 e. The lowest BCUT2D eigenvalue weighted by Crippen LogP contribution is -2.06. The molecule has 0 saturated heterocycles. The Kier molecular flexibility index (Phi) is 3.64. The number of benzene rings is 1. The SMILES string of the molecule is CC(Nc1ccnc(N)c1)c1ccc(Br)cc1. The molecule has 88 valence electrons. The van der Waals surface area contributed by atoms with Crippen molar-refractivity contribution in [3.63, 3.8) is 0 Å². The monoisotopic (exact) mass is 291 g/mol. The molecule has 0 radical (unpaired) electrons. The Bertz CT molecular complexity index is 496. The number of nitrogens with two attached hydrogens (primary N) is 1. The maximum atomic E-state index is 5.64. The fourth-order valence-electron chi connectivity index (χ4n) is 1.62. The second kappa shape index (κ2) is 5.19. The summed E-state index contributed by atoms with van der Waals surface area (Å²) < 4.78 is 1.08. The molecule has 3 nitrogen and oxygen atoms in total. The first kappa shape index (κ1) is 11.9. The molecule has 1 unspecified atom stereocenters. The van der Waals surface area contributed by atoms with Crippen LogP contribution in [0.2, 0.25) is 0 Å². The number of pyridine rings is 1. The van der Waals surface area contributed by atoms with Crippen molar-refractivity contribution in [2.45, 2.75) is 13.0 Å². The summed E-state index contributed by atoms with van der Waals surface area (Å²) in [5.74, 6) is 0.526. The van der Waals surface area contributed by atoms with Gasteiger partial charge in [-0.1, -0.05) is 28.1 Å². The highest BCUT2D eigenvalue weighted by molar-refractivity contribution is 9.10. The van der Waals surface area contributed by atoms with Crippen molar-refractivity contribution in [2.75, 3.05) is 11.1 Å². The van der Waals surface area contributed by atoms with E-state index in [-0.39, 0.29) is 6.04 Å². The molecule has 1 atom stereocenters. The Hall–Kier alpha value is -1.55. The van der Waals surface area contributed by atoms with Gasteiger partial charge in [-0.2, -0.15) is 0 Å². The lowest BCUT2D eigenvalue weighted by molar-refractivity contribution is 0.884. The van der Waals surface area contributed by atoms with Crippen LogP contribution in [0.1, 0.15) is 18.5 Å². The van der Waals surface area contributed by atoms with E-state index in [1.807, 2.05) is 24.3 Å². The standard InChI is InChI=1S/C13H14BrN3/c1-9(10-2-4-11(14)5-3-10)17-12-6-7-16-13(15)8-12/h2-9H,1H3,(H3,15,16,17). The Morgan fingerprint density at radius 3 is 2.59 bits per heavy atom. The second-order valence-corrected chi connectivity index (χ2v) is 4.80. The van der Waals surface area contributed by atoms with Crippen molar-refractivity contribution >= 4 is 27.4 Å². The van der Waals surface area contributed by atoms with Gasteiger partial charge in [0.05, 0.1) is 0 Å². The number of halogens is 1. The quantitative estimate of drug-likeness (QED) is 0.908. The van der Waals surface area contributed by atoms with Crippen molar-refractivity contribution in [3.8, 4) is 0 Å². The fourth-order valence-corrected chi connectivity index (χ4v) is 1.89. The number of anilines is 2. The number of hydrogen-bond donors (Lipinski definition) is 2. The first-order valence-corrected chi connectivity index (χ1v) is 6.18. The Morgan fingerprint density at radius 2 is 1.94 bits per heavy atom. The van der Waals surface area contributed by atoms with Gasteiger partial charge in [-0.15, -0.1) is 0 Å². The van der Waals surface area contributed by atoms with Crippen LogP contribution in [0.25, 0.3) is 0 Å². The van der Waals surface area contributed by atoms with Gasteiger partial charge in [-0.3, -0.25) is 0 Å². The fraction of sp³-hybridized carbons (Fsp3) is 0.154. The highest BCUT2D eigenvalue weighted by Gasteiger charge is 2.05. The van der Waals surface area contributed by atoms with E-state index in [9.17, 15) is 0 Å². The lowest BCUT2D eigenvalue weighted by Gasteiger charge is -2.15. The molecule has 0 fully saturated rings. The molecule has 1 heterocycles. The van der Waals surface area contributed by atoms with E-state index in [1.165, 1.54) is 5.56 Å². The minimum Gasteiger partial charge on any atom is -0.384 e. The Balaban J connectivity index is 2.11. The van der Waals surface area contributed by atoms with Crippen LogP contribution >= 0.6 is 15.9 Å². The molecule has 0 spiro atoms. The van der Waals surface area contributed by atoms with Gasteiger partial charge in [0.1, 0.15) is 5.82 Å². The van der Waals surface area contributed by atoms with Gasteiger partial charge in [-0.05, 0) is 30.7 Å². The average Bonchev–Trinajstić information content (AvgIpc) is 2.29. The van der Waals surface area contributed by atoms with E-state index in [0.29, 0.717) is 5.82 Å². The summed E-state index contributed by atoms with van der Waals surface area (Å²) in [6, 6.07) is 12.2. The first-order valence-electron chi connectivity index (χ1n) is 5.38. The number of aromatic nitrogens is 1. The molecule has 0 aliphatic rings. The largest absolute Gasteiger partial charge is 0.384 e. The minimum absolute atomic E-state index is 0.227. The molecule has 17 heavy (non-hydrogen) atoms. The number of nitrogen functional groups attached to an aromatic ring is 1. The molecule has 2 rings (SSSR count). The van der Waals surface area contributed by atoms with Crippen LogP contribution in [0, 0.1) is 0 Å². The van der Waals surface area contributed by atoms with Gasteiger partial charge in [0, 0.05) is 28.5 Å². The normalized spacial score (nSPS) is 12.1. The van der Waals surface area contributed by atoms with Crippen molar-refractivity contribution in [1.82, 2.24) is 4.98 Å². The maximum absolute atomic E-state index is 5.64. The predicted octanol–water partition coefficient (Wildman–Crippen LogP) is 3.60. The first-order chi connectivity index (χ1) is 8.15. The van der Waals surface area contributed by atoms with E-state index in [2.05, 4.69) is 45.3 Å². The number of nitrogens with one attached hydrogen (secondary N) is 1. The summed E-state index contributed by atoms with van der Waals surface area (Å²) in [7, 11) is 0. The summed E-state index contributed by atoms with van der Waals surface area (Å²) in [6.45, 7) is 2.11. The summed E-state index contributed by atoms with van der Waals surface area (Å²) in [4.78, 5) is 3.96. The third-order valence-corrected chi connectivity index (χ3v) is 3.06. The van der Waals surface area contributed by atoms with Gasteiger partial charge in [0.25, 0.3) is 0 Å². The summed E-state index contributed by atoms with van der Waals surface area (Å²) >= 11 is 3.43. The number of nitrogens with zero attached hydrogens (tertiary/aromatic N) is 1. The van der Waals surface area contributed by atoms with E-state index in [0.717, 1.165) is 10.2 Å². The van der Waals surface area contributed by atoms with Gasteiger partial charge < -0.3 is 11.1 Å². The molecule has 4 heteroatoms. The number of hydrogen-bond acceptors (Lipinski definition) is 3. The lowest BCUT2D eigenvalue weighted by atomic mass is 10.1. The third-order valence-electron chi connectivity index (χ3n) is 2.53. The van der Waals surface area contributed by atoms with Crippen LogP contribution in [0.4, 0.5) is 11.5 Å². The summed E-state index contributed by atoms with van der Waals surface area (Å²) in [6.07, 6.45) is 1.70. The highest BCUT2D eigenvalue weighted by Crippen LogP contribution is 2.21. The van der Waals surface area contributed by atoms with E-state index in [1.54, 1.807) is 6.20 Å². The molecular formula is C13H14BrN3. The van der Waals surface area contributed by atoms with Crippen LogP contribution < -0.4 is 11.1 Å². The summed E-state index contributed by atoms with van der Waals surface area (Å²) in [5, 5.41) is 3.38. The zero-order valence-electron chi connectivity index (χ0n) is 9.52. The van der Waals surface area contributed by atoms with Crippen molar-refractivity contribution in [3.05, 3.63) is 52.6 Å². The molecule has 0 aliphatic carbocycles. The molecule has 1 aromatic carbocycles. The summed E-state index contributed by atoms with van der Waals surface area (Å²) in [5.41, 5.74) is 7.84. The number of rotatable bonds is 3. The van der Waals surface area contributed by atoms with Crippen LogP contribution in [-0.4, -0.2) is 4.98 Å². The molecule has 0 saturated carbocycles. The average molecular weight is 292 g/mol. The topological polar surface area (TPSA) is 50.9 Å². The van der Waals surface area contributed by atoms with Gasteiger partial charge in [-0.25, -0.2) is 4.98 Å². The van der Waals surface area contributed by atoms with E-state index >= 15 is 0 Å². The zero-order chi connectivity index (χ0) is 12.3. The van der Waals surface area contributed by atoms with Crippen LogP contribution in [0.3, 0.4) is 0 Å². The molecule has 1 aromatic heterocycles. The van der Waals surface area contributed by atoms with Crippen molar-refractivity contribution in [2.24, 2.45) is 0 Å². The van der Waals surface area contributed by atoms with Crippen molar-refractivity contribution in [1.29, 1.82) is 0 Å². The van der Waals surface area contributed by atoms with Crippen LogP contribution in [0.15, 0.2) is 47.1 Å². The molecule has 3 N–H and O–H groups in total. The Labute approximate surface area is 109 Å². The molecule has 0 aliphatic heterocycles. The zero-order valence-corrected chi connectivity index (χ0v) is 11.1. The minimum atomic E-state index is 0.227. The Morgan fingerprint density at radius 1 is 1.24 bits per heavy atom. The molecular weight excluding hydrogens is 278 g/mol. The maximum Gasteiger partial charge on any atom is 0.125 e. The molecule has 2 aromatic rings. The second-order valence-electron chi connectivity index (χ2n) is 3.89. The van der Waals surface area contributed by atoms with Crippen molar-refractivity contribution < 1.29 is 0 Å². The predicted molar refractivity (Wildman–Crippen MR) is 74.8 cm³/mol. The van der Waals surface area contributed by atoms with E-state index < -0.39 is 0 Å². The van der Waals surface area contributed by atoms with Crippen LogP contribution in [0.5, 0.6) is 0 Å². The highest BCUT2D eigenvalue weighted by atomic mass is 79.9. The third kappa shape index (κ3) is 3.20. The van der Waals surface area contributed by atoms with Crippen LogP contribution in [-0.2, 0) is 0 Å². The molecule has 0 amide bonds.